The number of halogens is 1. The van der Waals surface area contributed by atoms with Gasteiger partial charge in [0.2, 0.25) is 0 Å². The lowest BCUT2D eigenvalue weighted by atomic mass is 10.3. The van der Waals surface area contributed by atoms with E-state index in [0.29, 0.717) is 17.1 Å². The van der Waals surface area contributed by atoms with Crippen LogP contribution >= 0.6 is 0 Å². The van der Waals surface area contributed by atoms with Crippen LogP contribution in [0.2, 0.25) is 0 Å². The summed E-state index contributed by atoms with van der Waals surface area (Å²) in [7, 11) is 0. The van der Waals surface area contributed by atoms with E-state index in [9.17, 15) is 4.39 Å². The smallest absolute Gasteiger partial charge is 0.280 e. The minimum atomic E-state index is -0.373. The van der Waals surface area contributed by atoms with Crippen LogP contribution in [0.1, 0.15) is 5.69 Å². The number of benzene rings is 1. The van der Waals surface area contributed by atoms with Crippen molar-refractivity contribution in [1.82, 2.24) is 25.1 Å². The molecule has 0 amide bonds. The van der Waals surface area contributed by atoms with Crippen molar-refractivity contribution in [1.29, 1.82) is 0 Å². The third-order valence-corrected chi connectivity index (χ3v) is 2.54. The molecule has 0 spiro atoms. The second-order valence-electron chi connectivity index (χ2n) is 3.63. The van der Waals surface area contributed by atoms with Crippen molar-refractivity contribution in [3.63, 3.8) is 0 Å². The first-order valence-electron chi connectivity index (χ1n) is 5.21. The van der Waals surface area contributed by atoms with Crippen LogP contribution in [0.25, 0.3) is 17.3 Å². The van der Waals surface area contributed by atoms with Gasteiger partial charge in [-0.25, -0.2) is 9.07 Å². The van der Waals surface area contributed by atoms with Gasteiger partial charge in [-0.2, -0.15) is 4.98 Å². The fourth-order valence-electron chi connectivity index (χ4n) is 1.66. The topological polar surface area (TPSA) is 69.6 Å². The Bertz CT molecular complexity index is 677. The summed E-state index contributed by atoms with van der Waals surface area (Å²) in [6.45, 7) is 1.76. The van der Waals surface area contributed by atoms with Crippen LogP contribution in [0.3, 0.4) is 0 Å². The summed E-state index contributed by atoms with van der Waals surface area (Å²) in [5.74, 6) is -0.113. The first-order valence-corrected chi connectivity index (χ1v) is 5.21. The van der Waals surface area contributed by atoms with Crippen molar-refractivity contribution >= 4 is 0 Å². The third-order valence-electron chi connectivity index (χ3n) is 2.54. The molecule has 18 heavy (non-hydrogen) atoms. The average molecular weight is 245 g/mol. The van der Waals surface area contributed by atoms with Gasteiger partial charge in [-0.3, -0.25) is 0 Å². The maximum atomic E-state index is 13.7. The van der Waals surface area contributed by atoms with Gasteiger partial charge < -0.3 is 4.52 Å². The summed E-state index contributed by atoms with van der Waals surface area (Å²) >= 11 is 0. The molecule has 0 N–H and O–H groups in total. The minimum absolute atomic E-state index is 0.259. The molecule has 0 saturated carbocycles. The van der Waals surface area contributed by atoms with E-state index in [2.05, 4.69) is 20.5 Å². The molecule has 3 aromatic rings. The van der Waals surface area contributed by atoms with E-state index in [1.807, 2.05) is 0 Å². The fourth-order valence-corrected chi connectivity index (χ4v) is 1.66. The van der Waals surface area contributed by atoms with Crippen LogP contribution < -0.4 is 0 Å². The standard InChI is InChI=1S/C11H8FN5O/c1-7-10(11-13-6-14-18-11)15-16-17(7)9-5-3-2-4-8(9)12/h2-6H,1H3. The molecule has 0 atom stereocenters. The van der Waals surface area contributed by atoms with E-state index in [4.69, 9.17) is 4.52 Å². The lowest BCUT2D eigenvalue weighted by molar-refractivity contribution is 0.428. The number of aromatic nitrogens is 5. The maximum Gasteiger partial charge on any atom is 0.280 e. The monoisotopic (exact) mass is 245 g/mol. The van der Waals surface area contributed by atoms with Gasteiger partial charge in [-0.1, -0.05) is 22.5 Å². The molecule has 6 nitrogen and oxygen atoms in total. The third kappa shape index (κ3) is 1.56. The number of rotatable bonds is 2. The zero-order valence-corrected chi connectivity index (χ0v) is 9.41. The van der Waals surface area contributed by atoms with E-state index in [-0.39, 0.29) is 11.7 Å². The Morgan fingerprint density at radius 2 is 2.11 bits per heavy atom. The quantitative estimate of drug-likeness (QED) is 0.688. The molecule has 0 unspecified atom stereocenters. The van der Waals surface area contributed by atoms with Gasteiger partial charge in [0, 0.05) is 0 Å². The van der Waals surface area contributed by atoms with E-state index >= 15 is 0 Å². The van der Waals surface area contributed by atoms with Gasteiger partial charge in [-0.15, -0.1) is 5.10 Å². The van der Waals surface area contributed by atoms with E-state index in [1.165, 1.54) is 17.1 Å². The zero-order valence-electron chi connectivity index (χ0n) is 9.41. The Morgan fingerprint density at radius 3 is 2.83 bits per heavy atom. The molecule has 0 aliphatic heterocycles. The van der Waals surface area contributed by atoms with Crippen molar-refractivity contribution in [3.8, 4) is 17.3 Å². The molecular weight excluding hydrogens is 237 g/mol. The molecule has 7 heteroatoms. The Hall–Kier alpha value is -2.57. The largest absolute Gasteiger partial charge is 0.332 e. The van der Waals surface area contributed by atoms with Crippen LogP contribution in [0.15, 0.2) is 35.1 Å². The number of para-hydroxylation sites is 1. The van der Waals surface area contributed by atoms with E-state index in [1.54, 1.807) is 25.1 Å². The SMILES string of the molecule is Cc1c(-c2ncno2)nnn1-c1ccccc1F. The molecule has 0 bridgehead atoms. The molecular formula is C11H8FN5O. The van der Waals surface area contributed by atoms with Crippen molar-refractivity contribution in [3.05, 3.63) is 42.1 Å². The Kier molecular flexibility index (Phi) is 2.36. The summed E-state index contributed by atoms with van der Waals surface area (Å²) < 4.78 is 20.0. The summed E-state index contributed by atoms with van der Waals surface area (Å²) in [6, 6.07) is 6.33. The van der Waals surface area contributed by atoms with Crippen LogP contribution in [0.5, 0.6) is 0 Å². The fraction of sp³-hybridized carbons (Fsp3) is 0.0909. The molecule has 0 aliphatic rings. The molecule has 2 aromatic heterocycles. The predicted molar refractivity (Wildman–Crippen MR) is 59.3 cm³/mol. The van der Waals surface area contributed by atoms with Gasteiger partial charge in [0.15, 0.2) is 12.0 Å². The molecule has 0 aliphatic carbocycles. The Labute approximate surface area is 101 Å². The van der Waals surface area contributed by atoms with Gasteiger partial charge in [0.1, 0.15) is 11.5 Å². The van der Waals surface area contributed by atoms with E-state index < -0.39 is 0 Å². The molecule has 90 valence electrons. The van der Waals surface area contributed by atoms with E-state index in [0.717, 1.165) is 0 Å². The molecule has 0 radical (unpaired) electrons. The summed E-state index contributed by atoms with van der Waals surface area (Å²) in [4.78, 5) is 3.89. The Morgan fingerprint density at radius 1 is 1.28 bits per heavy atom. The summed E-state index contributed by atoms with van der Waals surface area (Å²) in [5, 5.41) is 11.3. The first kappa shape index (κ1) is 10.6. The number of hydrogen-bond donors (Lipinski definition) is 0. The van der Waals surface area contributed by atoms with Crippen molar-refractivity contribution in [2.75, 3.05) is 0 Å². The first-order chi connectivity index (χ1) is 8.77. The van der Waals surface area contributed by atoms with Crippen LogP contribution in [0, 0.1) is 12.7 Å². The molecule has 1 aromatic carbocycles. The zero-order chi connectivity index (χ0) is 12.5. The summed E-state index contributed by atoms with van der Waals surface area (Å²) in [5.41, 5.74) is 1.40. The predicted octanol–water partition coefficient (Wildman–Crippen LogP) is 1.76. The highest BCUT2D eigenvalue weighted by atomic mass is 19.1. The van der Waals surface area contributed by atoms with Crippen molar-refractivity contribution < 1.29 is 8.91 Å². The summed E-state index contributed by atoms with van der Waals surface area (Å²) in [6.07, 6.45) is 1.27. The molecule has 0 fully saturated rings. The second-order valence-corrected chi connectivity index (χ2v) is 3.63. The number of hydrogen-bond acceptors (Lipinski definition) is 5. The minimum Gasteiger partial charge on any atom is -0.332 e. The van der Waals surface area contributed by atoms with Gasteiger partial charge >= 0.3 is 0 Å². The normalized spacial score (nSPS) is 10.8. The van der Waals surface area contributed by atoms with Crippen LogP contribution in [-0.4, -0.2) is 25.1 Å². The lowest BCUT2D eigenvalue weighted by Gasteiger charge is -2.03. The lowest BCUT2D eigenvalue weighted by Crippen LogP contribution is -2.01. The van der Waals surface area contributed by atoms with Crippen LogP contribution in [-0.2, 0) is 0 Å². The van der Waals surface area contributed by atoms with Crippen LogP contribution in [0.4, 0.5) is 4.39 Å². The van der Waals surface area contributed by atoms with Crippen molar-refractivity contribution in [2.45, 2.75) is 6.92 Å². The molecule has 2 heterocycles. The van der Waals surface area contributed by atoms with Crippen molar-refractivity contribution in [2.24, 2.45) is 0 Å². The maximum absolute atomic E-state index is 13.7. The Balaban J connectivity index is 2.14. The highest BCUT2D eigenvalue weighted by molar-refractivity contribution is 5.51. The highest BCUT2D eigenvalue weighted by Gasteiger charge is 2.17. The average Bonchev–Trinajstić information content (AvgIpc) is 2.99. The van der Waals surface area contributed by atoms with Gasteiger partial charge in [0.05, 0.1) is 5.69 Å². The molecule has 0 saturated heterocycles. The second kappa shape index (κ2) is 4.02. The van der Waals surface area contributed by atoms with Gasteiger partial charge in [-0.05, 0) is 19.1 Å². The highest BCUT2D eigenvalue weighted by Crippen LogP contribution is 2.21. The number of nitrogens with zero attached hydrogens (tertiary/aromatic N) is 5. The van der Waals surface area contributed by atoms with Gasteiger partial charge in [0.25, 0.3) is 5.89 Å². The molecule has 3 rings (SSSR count).